The van der Waals surface area contributed by atoms with E-state index >= 15 is 0 Å². The second-order valence-corrected chi connectivity index (χ2v) is 5.17. The lowest BCUT2D eigenvalue weighted by Crippen LogP contribution is -2.04. The standard InChI is InChI=1S/C13H22N2O2S/c1-3-5-6-7-8-9-18-13-14-10-11(15-13)12(16)17-4-2/h10H,3-9H2,1-2H3,(H,14,15). The summed E-state index contributed by atoms with van der Waals surface area (Å²) in [4.78, 5) is 18.5. The summed E-state index contributed by atoms with van der Waals surface area (Å²) in [5.41, 5.74) is 0.435. The van der Waals surface area contributed by atoms with E-state index in [0.29, 0.717) is 12.3 Å². The SMILES string of the molecule is CCCCCCCSc1ncc(C(=O)OCC)[nH]1. The molecule has 0 saturated carbocycles. The molecule has 1 rings (SSSR count). The fourth-order valence-corrected chi connectivity index (χ4v) is 2.41. The van der Waals surface area contributed by atoms with E-state index in [2.05, 4.69) is 16.9 Å². The van der Waals surface area contributed by atoms with Gasteiger partial charge in [0.25, 0.3) is 0 Å². The third kappa shape index (κ3) is 5.58. The lowest BCUT2D eigenvalue weighted by Gasteiger charge is -1.99. The van der Waals surface area contributed by atoms with Crippen molar-refractivity contribution in [1.82, 2.24) is 9.97 Å². The number of esters is 1. The van der Waals surface area contributed by atoms with E-state index in [1.54, 1.807) is 18.7 Å². The van der Waals surface area contributed by atoms with E-state index in [9.17, 15) is 4.79 Å². The maximum Gasteiger partial charge on any atom is 0.356 e. The summed E-state index contributed by atoms with van der Waals surface area (Å²) in [7, 11) is 0. The van der Waals surface area contributed by atoms with E-state index in [1.165, 1.54) is 38.3 Å². The molecular weight excluding hydrogens is 248 g/mol. The minimum Gasteiger partial charge on any atom is -0.461 e. The molecule has 0 aliphatic rings. The fourth-order valence-electron chi connectivity index (χ4n) is 1.56. The Labute approximate surface area is 113 Å². The summed E-state index contributed by atoms with van der Waals surface area (Å²) in [6, 6.07) is 0. The minimum atomic E-state index is -0.334. The van der Waals surface area contributed by atoms with Crippen LogP contribution in [0.5, 0.6) is 0 Å². The second-order valence-electron chi connectivity index (χ2n) is 4.09. The zero-order chi connectivity index (χ0) is 13.2. The zero-order valence-electron chi connectivity index (χ0n) is 11.2. The number of hydrogen-bond acceptors (Lipinski definition) is 4. The first-order chi connectivity index (χ1) is 8.77. The average molecular weight is 270 g/mol. The molecule has 0 atom stereocenters. The third-order valence-electron chi connectivity index (χ3n) is 2.53. The number of carbonyl (C=O) groups is 1. The quantitative estimate of drug-likeness (QED) is 0.423. The van der Waals surface area contributed by atoms with Crippen LogP contribution in [0.15, 0.2) is 11.4 Å². The molecule has 5 heteroatoms. The van der Waals surface area contributed by atoms with Gasteiger partial charge in [-0.15, -0.1) is 0 Å². The highest BCUT2D eigenvalue weighted by Crippen LogP contribution is 2.17. The minimum absolute atomic E-state index is 0.334. The number of unbranched alkanes of at least 4 members (excludes halogenated alkanes) is 4. The highest BCUT2D eigenvalue weighted by molar-refractivity contribution is 7.99. The number of aromatic nitrogens is 2. The largest absolute Gasteiger partial charge is 0.461 e. The number of H-pyrrole nitrogens is 1. The maximum atomic E-state index is 11.4. The molecule has 0 saturated heterocycles. The highest BCUT2D eigenvalue weighted by Gasteiger charge is 2.10. The Hall–Kier alpha value is -0.970. The molecule has 102 valence electrons. The van der Waals surface area contributed by atoms with Crippen molar-refractivity contribution in [3.63, 3.8) is 0 Å². The normalized spacial score (nSPS) is 10.6. The van der Waals surface area contributed by atoms with Crippen LogP contribution in [0.4, 0.5) is 0 Å². The number of thioether (sulfide) groups is 1. The van der Waals surface area contributed by atoms with Gasteiger partial charge in [-0.25, -0.2) is 9.78 Å². The summed E-state index contributed by atoms with van der Waals surface area (Å²) >= 11 is 1.66. The molecule has 0 unspecified atom stereocenters. The van der Waals surface area contributed by atoms with Gasteiger partial charge in [-0.2, -0.15) is 0 Å². The third-order valence-corrected chi connectivity index (χ3v) is 3.51. The van der Waals surface area contributed by atoms with Gasteiger partial charge in [-0.1, -0.05) is 44.4 Å². The average Bonchev–Trinajstić information content (AvgIpc) is 2.83. The Morgan fingerprint density at radius 1 is 1.33 bits per heavy atom. The first kappa shape index (κ1) is 15.1. The predicted molar refractivity (Wildman–Crippen MR) is 74.0 cm³/mol. The van der Waals surface area contributed by atoms with Crippen LogP contribution in [0.25, 0.3) is 0 Å². The number of rotatable bonds is 9. The molecule has 0 aliphatic heterocycles. The van der Waals surface area contributed by atoms with Gasteiger partial charge in [0.15, 0.2) is 5.16 Å². The Morgan fingerprint density at radius 2 is 2.11 bits per heavy atom. The summed E-state index contributed by atoms with van der Waals surface area (Å²) in [5, 5.41) is 0.800. The van der Waals surface area contributed by atoms with E-state index in [1.807, 2.05) is 0 Å². The first-order valence-corrected chi connectivity index (χ1v) is 7.61. The van der Waals surface area contributed by atoms with Gasteiger partial charge in [0.2, 0.25) is 0 Å². The van der Waals surface area contributed by atoms with Crippen molar-refractivity contribution in [3.05, 3.63) is 11.9 Å². The zero-order valence-corrected chi connectivity index (χ0v) is 12.0. The second kappa shape index (κ2) is 9.03. The van der Waals surface area contributed by atoms with Crippen LogP contribution in [0.3, 0.4) is 0 Å². The molecule has 1 aromatic heterocycles. The number of nitrogens with zero attached hydrogens (tertiary/aromatic N) is 1. The van der Waals surface area contributed by atoms with Crippen LogP contribution >= 0.6 is 11.8 Å². The van der Waals surface area contributed by atoms with Crippen molar-refractivity contribution in [3.8, 4) is 0 Å². The molecule has 0 fully saturated rings. The van der Waals surface area contributed by atoms with Gasteiger partial charge in [0, 0.05) is 5.75 Å². The molecular formula is C13H22N2O2S. The van der Waals surface area contributed by atoms with Crippen LogP contribution in [0.1, 0.15) is 56.4 Å². The van der Waals surface area contributed by atoms with Crippen molar-refractivity contribution in [2.75, 3.05) is 12.4 Å². The van der Waals surface area contributed by atoms with Crippen LogP contribution in [-0.2, 0) is 4.74 Å². The van der Waals surface area contributed by atoms with Gasteiger partial charge in [-0.05, 0) is 13.3 Å². The predicted octanol–water partition coefficient (Wildman–Crippen LogP) is 3.65. The van der Waals surface area contributed by atoms with E-state index in [4.69, 9.17) is 4.74 Å². The molecule has 0 aromatic carbocycles. The Morgan fingerprint density at radius 3 is 2.83 bits per heavy atom. The summed E-state index contributed by atoms with van der Waals surface area (Å²) < 4.78 is 4.89. The smallest absolute Gasteiger partial charge is 0.356 e. The molecule has 0 spiro atoms. The number of hydrogen-bond donors (Lipinski definition) is 1. The van der Waals surface area contributed by atoms with Crippen LogP contribution in [-0.4, -0.2) is 28.3 Å². The molecule has 0 bridgehead atoms. The molecule has 18 heavy (non-hydrogen) atoms. The molecule has 0 amide bonds. The summed E-state index contributed by atoms with van der Waals surface area (Å²) in [6.45, 7) is 4.40. The molecule has 4 nitrogen and oxygen atoms in total. The number of nitrogens with one attached hydrogen (secondary N) is 1. The van der Waals surface area contributed by atoms with Gasteiger partial charge >= 0.3 is 5.97 Å². The van der Waals surface area contributed by atoms with E-state index in [-0.39, 0.29) is 5.97 Å². The molecule has 1 aromatic rings. The molecule has 1 N–H and O–H groups in total. The number of carbonyl (C=O) groups excluding carboxylic acids is 1. The highest BCUT2D eigenvalue weighted by atomic mass is 32.2. The van der Waals surface area contributed by atoms with E-state index in [0.717, 1.165) is 10.9 Å². The first-order valence-electron chi connectivity index (χ1n) is 6.62. The van der Waals surface area contributed by atoms with E-state index < -0.39 is 0 Å². The number of aromatic amines is 1. The molecule has 0 radical (unpaired) electrons. The number of ether oxygens (including phenoxy) is 1. The van der Waals surface area contributed by atoms with Crippen molar-refractivity contribution in [2.24, 2.45) is 0 Å². The Bertz CT molecular complexity index is 353. The van der Waals surface area contributed by atoms with Gasteiger partial charge in [-0.3, -0.25) is 0 Å². The molecule has 0 aliphatic carbocycles. The van der Waals surface area contributed by atoms with Crippen molar-refractivity contribution in [1.29, 1.82) is 0 Å². The maximum absolute atomic E-state index is 11.4. The monoisotopic (exact) mass is 270 g/mol. The van der Waals surface area contributed by atoms with Crippen molar-refractivity contribution >= 4 is 17.7 Å². The number of imidazole rings is 1. The van der Waals surface area contributed by atoms with Gasteiger partial charge in [0.05, 0.1) is 12.8 Å². The van der Waals surface area contributed by atoms with Crippen LogP contribution < -0.4 is 0 Å². The fraction of sp³-hybridized carbons (Fsp3) is 0.692. The van der Waals surface area contributed by atoms with Gasteiger partial charge in [0.1, 0.15) is 5.69 Å². The lowest BCUT2D eigenvalue weighted by molar-refractivity contribution is 0.0519. The van der Waals surface area contributed by atoms with Gasteiger partial charge < -0.3 is 9.72 Å². The Balaban J connectivity index is 2.21. The summed E-state index contributed by atoms with van der Waals surface area (Å²) in [5.74, 6) is 0.708. The van der Waals surface area contributed by atoms with Crippen LogP contribution in [0.2, 0.25) is 0 Å². The summed E-state index contributed by atoms with van der Waals surface area (Å²) in [6.07, 6.45) is 7.90. The van der Waals surface area contributed by atoms with Crippen molar-refractivity contribution < 1.29 is 9.53 Å². The topological polar surface area (TPSA) is 55.0 Å². The lowest BCUT2D eigenvalue weighted by atomic mass is 10.2. The molecule has 1 heterocycles. The van der Waals surface area contributed by atoms with Crippen LogP contribution in [0, 0.1) is 0 Å². The van der Waals surface area contributed by atoms with Crippen molar-refractivity contribution in [2.45, 2.75) is 51.1 Å². The Kier molecular flexibility index (Phi) is 7.57.